The van der Waals surface area contributed by atoms with E-state index in [4.69, 9.17) is 10.00 Å². The second kappa shape index (κ2) is 8.84. The minimum absolute atomic E-state index is 0.585. The lowest BCUT2D eigenvalue weighted by atomic mass is 10.2. The van der Waals surface area contributed by atoms with Crippen LogP contribution < -0.4 is 4.74 Å². The molecule has 0 bridgehead atoms. The van der Waals surface area contributed by atoms with Crippen molar-refractivity contribution in [2.24, 2.45) is 0 Å². The second-order valence-electron chi connectivity index (χ2n) is 4.59. The molecule has 0 N–H and O–H groups in total. The molecule has 0 saturated heterocycles. The Morgan fingerprint density at radius 3 is 2.84 bits per heavy atom. The van der Waals surface area contributed by atoms with E-state index >= 15 is 0 Å². The molecule has 1 aromatic rings. The number of nitrogens with zero attached hydrogens (tertiary/aromatic N) is 2. The van der Waals surface area contributed by atoms with Gasteiger partial charge < -0.3 is 9.64 Å². The molecule has 0 saturated carbocycles. The quantitative estimate of drug-likeness (QED) is 0.685. The first kappa shape index (κ1) is 15.9. The van der Waals surface area contributed by atoms with Gasteiger partial charge in [-0.2, -0.15) is 17.0 Å². The highest BCUT2D eigenvalue weighted by atomic mass is 32.2. The fourth-order valence-electron chi connectivity index (χ4n) is 1.77. The van der Waals surface area contributed by atoms with E-state index in [1.807, 2.05) is 30.0 Å². The van der Waals surface area contributed by atoms with Gasteiger partial charge in [0.1, 0.15) is 11.8 Å². The summed E-state index contributed by atoms with van der Waals surface area (Å²) in [5.41, 5.74) is 0.603. The molecule has 3 nitrogen and oxygen atoms in total. The Labute approximate surface area is 120 Å². The van der Waals surface area contributed by atoms with Crippen molar-refractivity contribution in [2.45, 2.75) is 19.4 Å². The lowest BCUT2D eigenvalue weighted by Crippen LogP contribution is -2.32. The van der Waals surface area contributed by atoms with Crippen molar-refractivity contribution in [3.63, 3.8) is 0 Å². The first-order valence-corrected chi connectivity index (χ1v) is 7.89. The third-order valence-corrected chi connectivity index (χ3v) is 3.90. The molecule has 0 aromatic heterocycles. The van der Waals surface area contributed by atoms with Gasteiger partial charge in [-0.05, 0) is 38.8 Å². The van der Waals surface area contributed by atoms with Gasteiger partial charge in [0, 0.05) is 18.3 Å². The number of benzene rings is 1. The number of hydrogen-bond acceptors (Lipinski definition) is 4. The third kappa shape index (κ3) is 5.54. The largest absolute Gasteiger partial charge is 0.492 e. The second-order valence-corrected chi connectivity index (χ2v) is 5.51. The molecule has 4 heteroatoms. The van der Waals surface area contributed by atoms with E-state index in [0.29, 0.717) is 24.0 Å². The molecule has 19 heavy (non-hydrogen) atoms. The number of thioether (sulfide) groups is 1. The minimum atomic E-state index is 0.585. The van der Waals surface area contributed by atoms with Crippen molar-refractivity contribution in [1.82, 2.24) is 4.90 Å². The van der Waals surface area contributed by atoms with Crippen LogP contribution in [-0.2, 0) is 0 Å². The van der Waals surface area contributed by atoms with Crippen LogP contribution in [0.25, 0.3) is 0 Å². The minimum Gasteiger partial charge on any atom is -0.492 e. The molecule has 1 atom stereocenters. The Bertz CT molecular complexity index is 417. The number of para-hydroxylation sites is 1. The van der Waals surface area contributed by atoms with Gasteiger partial charge in [0.2, 0.25) is 0 Å². The van der Waals surface area contributed by atoms with Gasteiger partial charge in [-0.15, -0.1) is 0 Å². The molecule has 0 amide bonds. The SMILES string of the molecule is CSCC(C)N(C)CCCOc1ccccc1C#N. The van der Waals surface area contributed by atoms with Gasteiger partial charge in [0.15, 0.2) is 0 Å². The molecule has 1 aromatic carbocycles. The number of rotatable bonds is 8. The Morgan fingerprint density at radius 2 is 2.16 bits per heavy atom. The third-order valence-electron chi connectivity index (χ3n) is 3.08. The molecular formula is C15H22N2OS. The summed E-state index contributed by atoms with van der Waals surface area (Å²) in [6.07, 6.45) is 3.10. The summed E-state index contributed by atoms with van der Waals surface area (Å²) in [7, 11) is 2.14. The van der Waals surface area contributed by atoms with Crippen LogP contribution in [0.2, 0.25) is 0 Å². The average Bonchev–Trinajstić information content (AvgIpc) is 2.44. The van der Waals surface area contributed by atoms with Crippen LogP contribution in [0, 0.1) is 11.3 Å². The van der Waals surface area contributed by atoms with Gasteiger partial charge in [-0.1, -0.05) is 12.1 Å². The lowest BCUT2D eigenvalue weighted by molar-refractivity contribution is 0.236. The fourth-order valence-corrected chi connectivity index (χ4v) is 2.51. The van der Waals surface area contributed by atoms with Crippen molar-refractivity contribution in [1.29, 1.82) is 5.26 Å². The van der Waals surface area contributed by atoms with E-state index in [1.54, 1.807) is 6.07 Å². The summed E-state index contributed by atoms with van der Waals surface area (Å²) in [5, 5.41) is 8.95. The maximum atomic E-state index is 8.95. The maximum Gasteiger partial charge on any atom is 0.137 e. The van der Waals surface area contributed by atoms with Crippen molar-refractivity contribution in [3.8, 4) is 11.8 Å². The molecule has 1 unspecified atom stereocenters. The zero-order valence-corrected chi connectivity index (χ0v) is 12.7. The zero-order valence-electron chi connectivity index (χ0n) is 11.9. The van der Waals surface area contributed by atoms with Crippen molar-refractivity contribution < 1.29 is 4.74 Å². The van der Waals surface area contributed by atoms with E-state index < -0.39 is 0 Å². The van der Waals surface area contributed by atoms with Crippen molar-refractivity contribution >= 4 is 11.8 Å². The summed E-state index contributed by atoms with van der Waals surface area (Å²) >= 11 is 1.87. The summed E-state index contributed by atoms with van der Waals surface area (Å²) in [5.74, 6) is 1.83. The topological polar surface area (TPSA) is 36.3 Å². The normalized spacial score (nSPS) is 12.2. The first-order valence-electron chi connectivity index (χ1n) is 6.50. The molecule has 1 rings (SSSR count). The van der Waals surface area contributed by atoms with E-state index in [9.17, 15) is 0 Å². The Balaban J connectivity index is 2.29. The van der Waals surface area contributed by atoms with E-state index in [0.717, 1.165) is 18.7 Å². The summed E-state index contributed by atoms with van der Waals surface area (Å²) < 4.78 is 5.66. The van der Waals surface area contributed by atoms with Crippen LogP contribution in [0.1, 0.15) is 18.9 Å². The molecule has 0 aliphatic rings. The van der Waals surface area contributed by atoms with E-state index in [-0.39, 0.29) is 0 Å². The van der Waals surface area contributed by atoms with Gasteiger partial charge in [-0.25, -0.2) is 0 Å². The Hall–Kier alpha value is -1.18. The highest BCUT2D eigenvalue weighted by Crippen LogP contribution is 2.16. The van der Waals surface area contributed by atoms with Gasteiger partial charge >= 0.3 is 0 Å². The zero-order chi connectivity index (χ0) is 14.1. The standard InChI is InChI=1S/C15H22N2OS/c1-13(12-19-3)17(2)9-6-10-18-15-8-5-4-7-14(15)11-16/h4-5,7-8,13H,6,9-10,12H2,1-3H3. The number of hydrogen-bond donors (Lipinski definition) is 0. The van der Waals surface area contributed by atoms with Crippen LogP contribution in [0.4, 0.5) is 0 Å². The predicted octanol–water partition coefficient (Wildman–Crippen LogP) is 3.01. The van der Waals surface area contributed by atoms with Crippen molar-refractivity contribution in [3.05, 3.63) is 29.8 Å². The van der Waals surface area contributed by atoms with Crippen LogP contribution in [-0.4, -0.2) is 43.1 Å². The van der Waals surface area contributed by atoms with Crippen LogP contribution >= 0.6 is 11.8 Å². The fraction of sp³-hybridized carbons (Fsp3) is 0.533. The Kier molecular flexibility index (Phi) is 7.39. The molecule has 104 valence electrons. The highest BCUT2D eigenvalue weighted by molar-refractivity contribution is 7.98. The number of nitriles is 1. The molecule has 0 fully saturated rings. The first-order chi connectivity index (χ1) is 9.19. The Morgan fingerprint density at radius 1 is 1.42 bits per heavy atom. The summed E-state index contributed by atoms with van der Waals surface area (Å²) in [6, 6.07) is 10.1. The van der Waals surface area contributed by atoms with Crippen molar-refractivity contribution in [2.75, 3.05) is 32.2 Å². The van der Waals surface area contributed by atoms with E-state index in [2.05, 4.69) is 31.2 Å². The van der Waals surface area contributed by atoms with Crippen LogP contribution in [0.3, 0.4) is 0 Å². The predicted molar refractivity (Wildman–Crippen MR) is 81.7 cm³/mol. The van der Waals surface area contributed by atoms with Gasteiger partial charge in [0.05, 0.1) is 12.2 Å². The van der Waals surface area contributed by atoms with Gasteiger partial charge in [-0.3, -0.25) is 0 Å². The summed E-state index contributed by atoms with van der Waals surface area (Å²) in [4.78, 5) is 2.34. The van der Waals surface area contributed by atoms with E-state index in [1.165, 1.54) is 0 Å². The number of ether oxygens (including phenoxy) is 1. The van der Waals surface area contributed by atoms with Crippen LogP contribution in [0.15, 0.2) is 24.3 Å². The summed E-state index contributed by atoms with van der Waals surface area (Å²) in [6.45, 7) is 3.90. The molecule has 0 aliphatic carbocycles. The molecule has 0 aliphatic heterocycles. The average molecular weight is 278 g/mol. The van der Waals surface area contributed by atoms with Crippen LogP contribution in [0.5, 0.6) is 5.75 Å². The monoisotopic (exact) mass is 278 g/mol. The molecule has 0 spiro atoms. The lowest BCUT2D eigenvalue weighted by Gasteiger charge is -2.23. The smallest absolute Gasteiger partial charge is 0.137 e. The molecular weight excluding hydrogens is 256 g/mol. The molecule has 0 radical (unpaired) electrons. The highest BCUT2D eigenvalue weighted by Gasteiger charge is 2.08. The van der Waals surface area contributed by atoms with Gasteiger partial charge in [0.25, 0.3) is 0 Å². The molecule has 0 heterocycles. The maximum absolute atomic E-state index is 8.95.